The van der Waals surface area contributed by atoms with E-state index < -0.39 is 29.7 Å². The lowest BCUT2D eigenvalue weighted by Gasteiger charge is -2.16. The maximum atomic E-state index is 11.1. The van der Waals surface area contributed by atoms with Crippen molar-refractivity contribution in [1.29, 1.82) is 0 Å². The van der Waals surface area contributed by atoms with E-state index in [1.165, 1.54) is 6.92 Å². The number of carbonyl (C=O) groups excluding carboxylic acids is 1. The third-order valence-electron chi connectivity index (χ3n) is 1.83. The number of hydrogen-bond acceptors (Lipinski definition) is 4. The van der Waals surface area contributed by atoms with Gasteiger partial charge in [-0.15, -0.1) is 0 Å². The molecule has 1 aliphatic rings. The summed E-state index contributed by atoms with van der Waals surface area (Å²) in [4.78, 5) is 21.7. The van der Waals surface area contributed by atoms with Crippen LogP contribution in [0.4, 0.5) is 0 Å². The Morgan fingerprint density at radius 2 is 2.15 bits per heavy atom. The van der Waals surface area contributed by atoms with E-state index in [1.54, 1.807) is 13.8 Å². The smallest absolute Gasteiger partial charge is 0.338 e. The Kier molecular flexibility index (Phi) is 2.30. The molecular formula is C8H12O5. The van der Waals surface area contributed by atoms with Crippen molar-refractivity contribution in [3.8, 4) is 0 Å². The number of esters is 1. The zero-order valence-corrected chi connectivity index (χ0v) is 7.73. The van der Waals surface area contributed by atoms with E-state index in [-0.39, 0.29) is 0 Å². The van der Waals surface area contributed by atoms with Crippen LogP contribution in [0.1, 0.15) is 20.8 Å². The number of aliphatic carboxylic acids is 1. The minimum Gasteiger partial charge on any atom is -0.481 e. The van der Waals surface area contributed by atoms with E-state index in [4.69, 9.17) is 14.6 Å². The van der Waals surface area contributed by atoms with Crippen LogP contribution < -0.4 is 0 Å². The molecule has 0 bridgehead atoms. The molecule has 1 rings (SSSR count). The normalized spacial score (nSPS) is 28.2. The molecule has 1 heterocycles. The van der Waals surface area contributed by atoms with Crippen LogP contribution in [-0.4, -0.2) is 28.9 Å². The first-order valence-corrected chi connectivity index (χ1v) is 3.97. The molecule has 74 valence electrons. The van der Waals surface area contributed by atoms with E-state index in [2.05, 4.69) is 0 Å². The molecule has 1 saturated heterocycles. The Morgan fingerprint density at radius 1 is 1.62 bits per heavy atom. The van der Waals surface area contributed by atoms with Crippen LogP contribution in [-0.2, 0) is 19.1 Å². The number of carboxylic acids is 1. The van der Waals surface area contributed by atoms with Crippen molar-refractivity contribution < 1.29 is 24.2 Å². The van der Waals surface area contributed by atoms with Gasteiger partial charge < -0.3 is 14.6 Å². The fraction of sp³-hybridized carbons (Fsp3) is 0.750. The van der Waals surface area contributed by atoms with Crippen molar-refractivity contribution in [3.05, 3.63) is 0 Å². The summed E-state index contributed by atoms with van der Waals surface area (Å²) < 4.78 is 9.94. The number of carbonyl (C=O) groups is 2. The molecule has 0 radical (unpaired) electrons. The van der Waals surface area contributed by atoms with Gasteiger partial charge in [-0.1, -0.05) is 0 Å². The minimum atomic E-state index is -1.07. The molecule has 13 heavy (non-hydrogen) atoms. The highest BCUT2D eigenvalue weighted by Crippen LogP contribution is 2.27. The van der Waals surface area contributed by atoms with E-state index in [9.17, 15) is 9.59 Å². The molecule has 0 amide bonds. The van der Waals surface area contributed by atoms with Crippen LogP contribution in [0, 0.1) is 5.92 Å². The fourth-order valence-corrected chi connectivity index (χ4v) is 1.11. The van der Waals surface area contributed by atoms with Crippen molar-refractivity contribution in [2.75, 3.05) is 0 Å². The van der Waals surface area contributed by atoms with Crippen molar-refractivity contribution in [2.24, 2.45) is 5.92 Å². The van der Waals surface area contributed by atoms with E-state index in [0.29, 0.717) is 0 Å². The molecule has 1 unspecified atom stereocenters. The van der Waals surface area contributed by atoms with Crippen molar-refractivity contribution in [3.63, 3.8) is 0 Å². The summed E-state index contributed by atoms with van der Waals surface area (Å²) >= 11 is 0. The Balaban J connectivity index is 2.73. The van der Waals surface area contributed by atoms with Gasteiger partial charge in [0.05, 0.1) is 5.92 Å². The van der Waals surface area contributed by atoms with Crippen LogP contribution in [0.15, 0.2) is 0 Å². The fourth-order valence-electron chi connectivity index (χ4n) is 1.11. The van der Waals surface area contributed by atoms with Gasteiger partial charge in [-0.05, 0) is 6.92 Å². The van der Waals surface area contributed by atoms with E-state index >= 15 is 0 Å². The van der Waals surface area contributed by atoms with Crippen molar-refractivity contribution in [2.45, 2.75) is 32.7 Å². The van der Waals surface area contributed by atoms with Gasteiger partial charge in [-0.25, -0.2) is 4.79 Å². The molecular weight excluding hydrogens is 176 g/mol. The third kappa shape index (κ3) is 1.98. The minimum absolute atomic E-state index is 0.611. The van der Waals surface area contributed by atoms with Gasteiger partial charge in [0.15, 0.2) is 6.10 Å². The van der Waals surface area contributed by atoms with Crippen LogP contribution in [0.2, 0.25) is 0 Å². The lowest BCUT2D eigenvalue weighted by Crippen LogP contribution is -2.31. The summed E-state index contributed by atoms with van der Waals surface area (Å²) in [5.41, 5.74) is 0. The van der Waals surface area contributed by atoms with Crippen molar-refractivity contribution in [1.82, 2.24) is 0 Å². The molecule has 0 aromatic heterocycles. The number of ether oxygens (including phenoxy) is 2. The monoisotopic (exact) mass is 188 g/mol. The Hall–Kier alpha value is -1.10. The summed E-state index contributed by atoms with van der Waals surface area (Å²) in [6, 6.07) is 0. The second kappa shape index (κ2) is 2.99. The van der Waals surface area contributed by atoms with E-state index in [1.807, 2.05) is 0 Å². The first-order chi connectivity index (χ1) is 5.83. The summed E-state index contributed by atoms with van der Waals surface area (Å²) in [6.07, 6.45) is -0.993. The van der Waals surface area contributed by atoms with Gasteiger partial charge in [0.1, 0.15) is 0 Å². The summed E-state index contributed by atoms with van der Waals surface area (Å²) in [6.45, 7) is 4.55. The molecule has 5 nitrogen and oxygen atoms in total. The number of hydrogen-bond donors (Lipinski definition) is 1. The maximum absolute atomic E-state index is 11.1. The topological polar surface area (TPSA) is 72.8 Å². The Morgan fingerprint density at radius 3 is 2.46 bits per heavy atom. The average molecular weight is 188 g/mol. The van der Waals surface area contributed by atoms with E-state index in [0.717, 1.165) is 0 Å². The van der Waals surface area contributed by atoms with Crippen LogP contribution in [0.5, 0.6) is 0 Å². The lowest BCUT2D eigenvalue weighted by molar-refractivity contribution is -0.163. The molecule has 0 aromatic carbocycles. The number of cyclic esters (lactones) is 1. The van der Waals surface area contributed by atoms with Crippen LogP contribution in [0.3, 0.4) is 0 Å². The number of carboxylic acid groups (broad SMARTS) is 1. The Bertz CT molecular complexity index is 245. The highest BCUT2D eigenvalue weighted by Gasteiger charge is 2.45. The molecule has 0 aromatic rings. The predicted octanol–water partition coefficient (Wildman–Crippen LogP) is 0.385. The van der Waals surface area contributed by atoms with Crippen LogP contribution in [0.25, 0.3) is 0 Å². The zero-order valence-electron chi connectivity index (χ0n) is 7.73. The largest absolute Gasteiger partial charge is 0.481 e. The highest BCUT2D eigenvalue weighted by molar-refractivity contribution is 5.83. The molecule has 0 aliphatic carbocycles. The summed E-state index contributed by atoms with van der Waals surface area (Å²) in [7, 11) is 0. The third-order valence-corrected chi connectivity index (χ3v) is 1.83. The van der Waals surface area contributed by atoms with Crippen molar-refractivity contribution >= 4 is 11.9 Å². The molecule has 2 atom stereocenters. The van der Waals surface area contributed by atoms with Gasteiger partial charge >= 0.3 is 11.9 Å². The highest BCUT2D eigenvalue weighted by atomic mass is 16.8. The van der Waals surface area contributed by atoms with Gasteiger partial charge in [0.2, 0.25) is 5.79 Å². The average Bonchev–Trinajstić information content (AvgIpc) is 2.22. The summed E-state index contributed by atoms with van der Waals surface area (Å²) in [5, 5.41) is 8.64. The quantitative estimate of drug-likeness (QED) is 0.634. The number of rotatable bonds is 2. The predicted molar refractivity (Wildman–Crippen MR) is 41.8 cm³/mol. The molecule has 1 aliphatic heterocycles. The maximum Gasteiger partial charge on any atom is 0.338 e. The van der Waals surface area contributed by atoms with Gasteiger partial charge in [0.25, 0.3) is 0 Å². The first-order valence-electron chi connectivity index (χ1n) is 3.97. The molecule has 1 fully saturated rings. The first kappa shape index (κ1) is 9.98. The second-order valence-corrected chi connectivity index (χ2v) is 3.49. The molecule has 0 saturated carbocycles. The Labute approximate surface area is 75.6 Å². The summed E-state index contributed by atoms with van der Waals surface area (Å²) in [5.74, 6) is -3.57. The van der Waals surface area contributed by atoms with Crippen LogP contribution >= 0.6 is 0 Å². The molecule has 0 spiro atoms. The van der Waals surface area contributed by atoms with Gasteiger partial charge in [0, 0.05) is 13.8 Å². The molecule has 1 N–H and O–H groups in total. The standard InChI is InChI=1S/C8H12O5/c1-4(6(9)10)5-7(11)13-8(2,3)12-5/h4-5H,1-3H3,(H,9,10)/t4?,5-/m1/s1. The second-order valence-electron chi connectivity index (χ2n) is 3.49. The molecule has 5 heteroatoms. The van der Waals surface area contributed by atoms with Gasteiger partial charge in [-0.3, -0.25) is 4.79 Å². The van der Waals surface area contributed by atoms with Gasteiger partial charge in [-0.2, -0.15) is 0 Å². The lowest BCUT2D eigenvalue weighted by atomic mass is 10.1. The zero-order chi connectivity index (χ0) is 10.2. The SMILES string of the molecule is CC(C(=O)O)[C@H]1OC(C)(C)OC1=O.